The molecule has 0 fully saturated rings. The number of rotatable bonds is 6. The summed E-state index contributed by atoms with van der Waals surface area (Å²) in [5, 5.41) is 5.77. The van der Waals surface area contributed by atoms with Crippen molar-refractivity contribution >= 4 is 10.9 Å². The van der Waals surface area contributed by atoms with Crippen molar-refractivity contribution in [2.75, 3.05) is 7.11 Å². The Kier molecular flexibility index (Phi) is 4.42. The van der Waals surface area contributed by atoms with Gasteiger partial charge < -0.3 is 4.74 Å². The number of hydrogen-bond donors (Lipinski definition) is 2. The monoisotopic (exact) mass is 276 g/mol. The Labute approximate surface area is 120 Å². The molecule has 20 heavy (non-hydrogen) atoms. The largest absolute Gasteiger partial charge is 0.379 e. The van der Waals surface area contributed by atoms with E-state index in [4.69, 9.17) is 10.6 Å². The van der Waals surface area contributed by atoms with Crippen LogP contribution in [0, 0.1) is 0 Å². The van der Waals surface area contributed by atoms with Crippen LogP contribution >= 0.6 is 0 Å². The second kappa shape index (κ2) is 5.91. The molecule has 0 saturated carbocycles. The molecule has 0 saturated heterocycles. The number of aromatic nitrogens is 2. The van der Waals surface area contributed by atoms with Gasteiger partial charge in [0.1, 0.15) is 0 Å². The number of nitrogens with two attached hydrogens (primary N) is 1. The molecule has 0 aliphatic heterocycles. The van der Waals surface area contributed by atoms with E-state index in [0.717, 1.165) is 29.4 Å². The van der Waals surface area contributed by atoms with Crippen molar-refractivity contribution in [1.29, 1.82) is 0 Å². The number of hydrogen-bond acceptors (Lipinski definition) is 4. The van der Waals surface area contributed by atoms with Crippen molar-refractivity contribution in [3.63, 3.8) is 0 Å². The Hall–Kier alpha value is -1.43. The van der Waals surface area contributed by atoms with Crippen LogP contribution < -0.4 is 11.3 Å². The van der Waals surface area contributed by atoms with E-state index in [1.165, 1.54) is 0 Å². The van der Waals surface area contributed by atoms with Gasteiger partial charge in [0, 0.05) is 19.5 Å². The highest BCUT2D eigenvalue weighted by atomic mass is 16.5. The summed E-state index contributed by atoms with van der Waals surface area (Å²) in [4.78, 5) is 0. The highest BCUT2D eigenvalue weighted by Gasteiger charge is 2.22. The zero-order chi connectivity index (χ0) is 14.8. The van der Waals surface area contributed by atoms with Crippen LogP contribution in [0.5, 0.6) is 0 Å². The molecule has 1 aromatic carbocycles. The van der Waals surface area contributed by atoms with Gasteiger partial charge >= 0.3 is 0 Å². The maximum atomic E-state index is 5.74. The van der Waals surface area contributed by atoms with Crippen LogP contribution in [-0.2, 0) is 11.8 Å². The molecule has 1 heterocycles. The summed E-state index contributed by atoms with van der Waals surface area (Å²) in [6.07, 6.45) is 1.78. The maximum Gasteiger partial charge on any atom is 0.0886 e. The van der Waals surface area contributed by atoms with Crippen molar-refractivity contribution in [3.05, 3.63) is 30.0 Å². The Balaban J connectivity index is 2.26. The lowest BCUT2D eigenvalue weighted by atomic mass is 9.96. The third kappa shape index (κ3) is 3.00. The number of benzene rings is 1. The molecule has 5 nitrogen and oxygen atoms in total. The number of methoxy groups -OCH3 is 1. The van der Waals surface area contributed by atoms with Crippen LogP contribution in [0.2, 0.25) is 0 Å². The molecule has 110 valence electrons. The standard InChI is InChI=1S/C15H24N4O/c1-15(2,20-4)10-9-12(17-16)14-11-7-5-6-8-13(11)19(3)18-14/h5-8,12,17H,9-10,16H2,1-4H3. The highest BCUT2D eigenvalue weighted by molar-refractivity contribution is 5.82. The molecule has 2 aromatic rings. The third-order valence-corrected chi connectivity index (χ3v) is 3.91. The van der Waals surface area contributed by atoms with Crippen molar-refractivity contribution in [1.82, 2.24) is 15.2 Å². The van der Waals surface area contributed by atoms with Crippen LogP contribution in [0.15, 0.2) is 24.3 Å². The molecule has 1 unspecified atom stereocenters. The normalized spacial score (nSPS) is 13.8. The van der Waals surface area contributed by atoms with Crippen LogP contribution in [0.3, 0.4) is 0 Å². The molecule has 5 heteroatoms. The molecule has 0 spiro atoms. The van der Waals surface area contributed by atoms with Crippen molar-refractivity contribution in [2.45, 2.75) is 38.3 Å². The van der Waals surface area contributed by atoms with Crippen molar-refractivity contribution < 1.29 is 4.74 Å². The van der Waals surface area contributed by atoms with Gasteiger partial charge in [0.25, 0.3) is 0 Å². The predicted molar refractivity (Wildman–Crippen MR) is 81.1 cm³/mol. The second-order valence-corrected chi connectivity index (χ2v) is 5.75. The molecule has 0 amide bonds. The van der Waals surface area contributed by atoms with Crippen LogP contribution in [0.25, 0.3) is 10.9 Å². The van der Waals surface area contributed by atoms with Crippen LogP contribution in [0.1, 0.15) is 38.4 Å². The van der Waals surface area contributed by atoms with Gasteiger partial charge in [0.15, 0.2) is 0 Å². The van der Waals surface area contributed by atoms with Gasteiger partial charge in [0.2, 0.25) is 0 Å². The number of fused-ring (bicyclic) bond motifs is 1. The van der Waals surface area contributed by atoms with Gasteiger partial charge in [-0.1, -0.05) is 18.2 Å². The van der Waals surface area contributed by atoms with Gasteiger partial charge in [-0.2, -0.15) is 5.10 Å². The summed E-state index contributed by atoms with van der Waals surface area (Å²) in [6.45, 7) is 4.16. The van der Waals surface area contributed by atoms with Gasteiger partial charge in [0.05, 0.1) is 22.9 Å². The Bertz CT molecular complexity index is 576. The minimum atomic E-state index is -0.153. The summed E-state index contributed by atoms with van der Waals surface area (Å²) < 4.78 is 7.37. The molecule has 0 aliphatic carbocycles. The van der Waals surface area contributed by atoms with Gasteiger partial charge in [-0.15, -0.1) is 0 Å². The van der Waals surface area contributed by atoms with E-state index in [-0.39, 0.29) is 11.6 Å². The van der Waals surface area contributed by atoms with Crippen LogP contribution in [-0.4, -0.2) is 22.5 Å². The first-order valence-corrected chi connectivity index (χ1v) is 6.91. The minimum Gasteiger partial charge on any atom is -0.379 e. The fourth-order valence-electron chi connectivity index (χ4n) is 2.39. The van der Waals surface area contributed by atoms with E-state index < -0.39 is 0 Å². The number of para-hydroxylation sites is 1. The number of ether oxygens (including phenoxy) is 1. The summed E-state index contributed by atoms with van der Waals surface area (Å²) in [6, 6.07) is 8.23. The number of nitrogens with one attached hydrogen (secondary N) is 1. The first kappa shape index (κ1) is 15.0. The molecule has 1 aromatic heterocycles. The lowest BCUT2D eigenvalue weighted by Gasteiger charge is -2.25. The molecule has 2 rings (SSSR count). The van der Waals surface area contributed by atoms with E-state index in [9.17, 15) is 0 Å². The number of nitrogens with zero attached hydrogens (tertiary/aromatic N) is 2. The maximum absolute atomic E-state index is 5.74. The molecule has 1 atom stereocenters. The van der Waals surface area contributed by atoms with E-state index in [1.54, 1.807) is 7.11 Å². The van der Waals surface area contributed by atoms with Crippen molar-refractivity contribution in [2.24, 2.45) is 12.9 Å². The molecule has 0 aliphatic rings. The summed E-state index contributed by atoms with van der Waals surface area (Å²) >= 11 is 0. The minimum absolute atomic E-state index is 0.0236. The van der Waals surface area contributed by atoms with Gasteiger partial charge in [-0.25, -0.2) is 0 Å². The van der Waals surface area contributed by atoms with Gasteiger partial charge in [-0.05, 0) is 32.8 Å². The Morgan fingerprint density at radius 1 is 1.40 bits per heavy atom. The predicted octanol–water partition coefficient (Wildman–Crippen LogP) is 2.28. The molecular weight excluding hydrogens is 252 g/mol. The molecule has 0 radical (unpaired) electrons. The Morgan fingerprint density at radius 3 is 2.75 bits per heavy atom. The van der Waals surface area contributed by atoms with E-state index in [0.29, 0.717) is 0 Å². The smallest absolute Gasteiger partial charge is 0.0886 e. The first-order valence-electron chi connectivity index (χ1n) is 6.91. The fourth-order valence-corrected chi connectivity index (χ4v) is 2.39. The summed E-state index contributed by atoms with van der Waals surface area (Å²) in [5.74, 6) is 5.74. The zero-order valence-corrected chi connectivity index (χ0v) is 12.7. The topological polar surface area (TPSA) is 65.1 Å². The second-order valence-electron chi connectivity index (χ2n) is 5.75. The lowest BCUT2D eigenvalue weighted by Crippen LogP contribution is -2.31. The SMILES string of the molecule is COC(C)(C)CCC(NN)c1nn(C)c2ccccc12. The summed E-state index contributed by atoms with van der Waals surface area (Å²) in [5.41, 5.74) is 4.85. The average Bonchev–Trinajstić information content (AvgIpc) is 2.78. The lowest BCUT2D eigenvalue weighted by molar-refractivity contribution is 0.0116. The zero-order valence-electron chi connectivity index (χ0n) is 12.7. The van der Waals surface area contributed by atoms with Gasteiger partial charge in [-0.3, -0.25) is 16.0 Å². The van der Waals surface area contributed by atoms with Crippen LogP contribution in [0.4, 0.5) is 0 Å². The highest BCUT2D eigenvalue weighted by Crippen LogP contribution is 2.28. The summed E-state index contributed by atoms with van der Waals surface area (Å²) in [7, 11) is 3.69. The first-order chi connectivity index (χ1) is 9.48. The number of aryl methyl sites for hydroxylation is 1. The average molecular weight is 276 g/mol. The third-order valence-electron chi connectivity index (χ3n) is 3.91. The van der Waals surface area contributed by atoms with Crippen molar-refractivity contribution in [3.8, 4) is 0 Å². The van der Waals surface area contributed by atoms with E-state index >= 15 is 0 Å². The number of hydrazine groups is 1. The quantitative estimate of drug-likeness (QED) is 0.627. The molecule has 0 bridgehead atoms. The van der Waals surface area contributed by atoms with E-state index in [1.807, 2.05) is 23.9 Å². The molecular formula is C15H24N4O. The fraction of sp³-hybridized carbons (Fsp3) is 0.533. The Morgan fingerprint density at radius 2 is 2.10 bits per heavy atom. The molecule has 3 N–H and O–H groups in total. The van der Waals surface area contributed by atoms with E-state index in [2.05, 4.69) is 36.5 Å².